The minimum atomic E-state index is 0.145. The molecule has 2 rings (SSSR count). The molecule has 0 spiro atoms. The normalized spacial score (nSPS) is 16.6. The van der Waals surface area contributed by atoms with Gasteiger partial charge < -0.3 is 10.2 Å². The van der Waals surface area contributed by atoms with Crippen LogP contribution in [0.1, 0.15) is 27.9 Å². The van der Waals surface area contributed by atoms with Gasteiger partial charge in [0, 0.05) is 44.7 Å². The number of benzene rings is 1. The molecule has 0 aliphatic carbocycles. The Morgan fingerprint density at radius 2 is 1.89 bits per heavy atom. The molecule has 0 aromatic heterocycles. The number of halogens is 1. The van der Waals surface area contributed by atoms with Crippen LogP contribution in [-0.4, -0.2) is 43.4 Å². The maximum Gasteiger partial charge on any atom is 0.165 e. The van der Waals surface area contributed by atoms with Gasteiger partial charge >= 0.3 is 0 Å². The third-order valence-corrected chi connectivity index (χ3v) is 4.06. The van der Waals surface area contributed by atoms with Gasteiger partial charge in [0.1, 0.15) is 0 Å². The molecule has 1 fully saturated rings. The van der Waals surface area contributed by atoms with E-state index in [-0.39, 0.29) is 5.78 Å². The molecule has 1 aromatic rings. The Bertz CT molecular complexity index is 467. The highest BCUT2D eigenvalue weighted by atomic mass is 35.5. The molecule has 1 aliphatic rings. The Balaban J connectivity index is 1.97. The van der Waals surface area contributed by atoms with Gasteiger partial charge in [-0.05, 0) is 37.1 Å². The second-order valence-corrected chi connectivity index (χ2v) is 5.59. The zero-order valence-electron chi connectivity index (χ0n) is 11.6. The van der Waals surface area contributed by atoms with Crippen molar-refractivity contribution in [2.75, 3.05) is 32.7 Å². The van der Waals surface area contributed by atoms with E-state index in [1.165, 1.54) is 0 Å². The number of piperazine rings is 1. The van der Waals surface area contributed by atoms with E-state index in [1.807, 2.05) is 26.0 Å². The van der Waals surface area contributed by atoms with Gasteiger partial charge in [-0.15, -0.1) is 0 Å². The molecule has 104 valence electrons. The number of ketones is 1. The van der Waals surface area contributed by atoms with Gasteiger partial charge in [-0.3, -0.25) is 4.79 Å². The highest BCUT2D eigenvalue weighted by molar-refractivity contribution is 6.34. The molecule has 1 aliphatic heterocycles. The fraction of sp³-hybridized carbons (Fsp3) is 0.533. The van der Waals surface area contributed by atoms with Crippen LogP contribution in [-0.2, 0) is 0 Å². The van der Waals surface area contributed by atoms with E-state index in [0.29, 0.717) is 17.0 Å². The zero-order valence-corrected chi connectivity index (χ0v) is 12.4. The zero-order chi connectivity index (χ0) is 13.8. The van der Waals surface area contributed by atoms with Crippen molar-refractivity contribution < 1.29 is 4.79 Å². The molecule has 0 amide bonds. The molecule has 19 heavy (non-hydrogen) atoms. The van der Waals surface area contributed by atoms with Crippen molar-refractivity contribution in [1.29, 1.82) is 0 Å². The molecule has 1 N–H and O–H groups in total. The van der Waals surface area contributed by atoms with Gasteiger partial charge in [-0.2, -0.15) is 0 Å². The van der Waals surface area contributed by atoms with E-state index in [4.69, 9.17) is 11.6 Å². The van der Waals surface area contributed by atoms with E-state index in [1.54, 1.807) is 0 Å². The minimum Gasteiger partial charge on any atom is -0.314 e. The van der Waals surface area contributed by atoms with Gasteiger partial charge in [0.15, 0.2) is 5.78 Å². The third kappa shape index (κ3) is 3.78. The number of nitrogens with zero attached hydrogens (tertiary/aromatic N) is 1. The maximum absolute atomic E-state index is 12.2. The monoisotopic (exact) mass is 280 g/mol. The number of hydrogen-bond acceptors (Lipinski definition) is 3. The van der Waals surface area contributed by atoms with Crippen molar-refractivity contribution in [3.05, 3.63) is 33.8 Å². The summed E-state index contributed by atoms with van der Waals surface area (Å²) in [4.78, 5) is 14.6. The molecule has 1 saturated heterocycles. The van der Waals surface area contributed by atoms with Crippen molar-refractivity contribution in [3.63, 3.8) is 0 Å². The Labute approximate surface area is 119 Å². The lowest BCUT2D eigenvalue weighted by Gasteiger charge is -2.26. The van der Waals surface area contributed by atoms with Crippen molar-refractivity contribution >= 4 is 17.4 Å². The van der Waals surface area contributed by atoms with Gasteiger partial charge in [0.2, 0.25) is 0 Å². The molecule has 1 heterocycles. The van der Waals surface area contributed by atoms with Crippen molar-refractivity contribution in [3.8, 4) is 0 Å². The first-order chi connectivity index (χ1) is 9.08. The summed E-state index contributed by atoms with van der Waals surface area (Å²) in [6, 6.07) is 3.80. The van der Waals surface area contributed by atoms with Crippen molar-refractivity contribution in [2.45, 2.75) is 20.3 Å². The summed E-state index contributed by atoms with van der Waals surface area (Å²) in [5, 5.41) is 3.89. The van der Waals surface area contributed by atoms with Crippen LogP contribution in [0.25, 0.3) is 0 Å². The minimum absolute atomic E-state index is 0.145. The first kappa shape index (κ1) is 14.5. The number of carbonyl (C=O) groups excluding carboxylic acids is 1. The number of hydrogen-bond donors (Lipinski definition) is 1. The van der Waals surface area contributed by atoms with Crippen molar-refractivity contribution in [1.82, 2.24) is 10.2 Å². The molecule has 0 saturated carbocycles. The van der Waals surface area contributed by atoms with Crippen LogP contribution in [0, 0.1) is 13.8 Å². The smallest absolute Gasteiger partial charge is 0.165 e. The topological polar surface area (TPSA) is 32.3 Å². The van der Waals surface area contributed by atoms with Crippen LogP contribution in [0.4, 0.5) is 0 Å². The number of nitrogens with one attached hydrogen (secondary N) is 1. The Morgan fingerprint density at radius 1 is 1.26 bits per heavy atom. The second-order valence-electron chi connectivity index (χ2n) is 5.18. The number of aryl methyl sites for hydroxylation is 2. The van der Waals surface area contributed by atoms with Gasteiger partial charge in [-0.25, -0.2) is 0 Å². The largest absolute Gasteiger partial charge is 0.314 e. The molecular weight excluding hydrogens is 260 g/mol. The average molecular weight is 281 g/mol. The van der Waals surface area contributed by atoms with Gasteiger partial charge in [-0.1, -0.05) is 11.6 Å². The van der Waals surface area contributed by atoms with Crippen molar-refractivity contribution in [2.24, 2.45) is 0 Å². The lowest BCUT2D eigenvalue weighted by atomic mass is 10.0. The highest BCUT2D eigenvalue weighted by Crippen LogP contribution is 2.22. The summed E-state index contributed by atoms with van der Waals surface area (Å²) in [6.07, 6.45) is 0.544. The first-order valence-corrected chi connectivity index (χ1v) is 7.19. The fourth-order valence-electron chi connectivity index (χ4n) is 2.32. The summed E-state index contributed by atoms with van der Waals surface area (Å²) in [5.41, 5.74) is 2.92. The van der Waals surface area contributed by atoms with Crippen LogP contribution >= 0.6 is 11.6 Å². The molecule has 1 aromatic carbocycles. The lowest BCUT2D eigenvalue weighted by molar-refractivity contribution is 0.0960. The lowest BCUT2D eigenvalue weighted by Crippen LogP contribution is -2.44. The Hall–Kier alpha value is -0.900. The van der Waals surface area contributed by atoms with Crippen LogP contribution in [0.5, 0.6) is 0 Å². The summed E-state index contributed by atoms with van der Waals surface area (Å²) < 4.78 is 0. The predicted molar refractivity (Wildman–Crippen MR) is 79.2 cm³/mol. The van der Waals surface area contributed by atoms with E-state index in [9.17, 15) is 4.79 Å². The molecule has 4 heteroatoms. The molecule has 3 nitrogen and oxygen atoms in total. The van der Waals surface area contributed by atoms with E-state index in [2.05, 4.69) is 10.2 Å². The number of Topliss-reactive ketones (excluding diaryl/α,β-unsaturated/α-hetero) is 1. The maximum atomic E-state index is 12.2. The van der Waals surface area contributed by atoms with Gasteiger partial charge in [0.05, 0.1) is 5.02 Å². The quantitative estimate of drug-likeness (QED) is 0.860. The Kier molecular flexibility index (Phi) is 4.97. The number of rotatable bonds is 4. The predicted octanol–water partition coefficient (Wildman–Crippen LogP) is 2.43. The molecular formula is C15H21ClN2O. The third-order valence-electron chi connectivity index (χ3n) is 3.75. The van der Waals surface area contributed by atoms with E-state index in [0.717, 1.165) is 43.9 Å². The average Bonchev–Trinajstić information content (AvgIpc) is 2.41. The first-order valence-electron chi connectivity index (χ1n) is 6.81. The molecule has 0 unspecified atom stereocenters. The van der Waals surface area contributed by atoms with E-state index < -0.39 is 0 Å². The van der Waals surface area contributed by atoms with Gasteiger partial charge in [0.25, 0.3) is 0 Å². The summed E-state index contributed by atoms with van der Waals surface area (Å²) in [7, 11) is 0. The standard InChI is InChI=1S/C15H21ClN2O/c1-11-9-13(14(16)10-12(11)2)15(19)3-6-18-7-4-17-5-8-18/h9-10,17H,3-8H2,1-2H3. The Morgan fingerprint density at radius 3 is 2.58 bits per heavy atom. The van der Waals surface area contributed by atoms with Crippen LogP contribution in [0.15, 0.2) is 12.1 Å². The highest BCUT2D eigenvalue weighted by Gasteiger charge is 2.15. The summed E-state index contributed by atoms with van der Waals surface area (Å²) in [6.45, 7) is 8.91. The molecule has 0 radical (unpaired) electrons. The van der Waals surface area contributed by atoms with Crippen LogP contribution in [0.2, 0.25) is 5.02 Å². The van der Waals surface area contributed by atoms with Crippen LogP contribution < -0.4 is 5.32 Å². The summed E-state index contributed by atoms with van der Waals surface area (Å²) >= 11 is 6.17. The molecule has 0 bridgehead atoms. The second kappa shape index (κ2) is 6.51. The number of carbonyl (C=O) groups is 1. The van der Waals surface area contributed by atoms with E-state index >= 15 is 0 Å². The molecule has 0 atom stereocenters. The van der Waals surface area contributed by atoms with Crippen LogP contribution in [0.3, 0.4) is 0 Å². The summed E-state index contributed by atoms with van der Waals surface area (Å²) in [5.74, 6) is 0.145. The SMILES string of the molecule is Cc1cc(Cl)c(C(=O)CCN2CCNCC2)cc1C. The fourth-order valence-corrected chi connectivity index (χ4v) is 2.65.